The summed E-state index contributed by atoms with van der Waals surface area (Å²) in [6.45, 7) is 5.27. The van der Waals surface area contributed by atoms with Gasteiger partial charge in [0.15, 0.2) is 0 Å². The first kappa shape index (κ1) is 17.3. The van der Waals surface area contributed by atoms with Gasteiger partial charge in [0.1, 0.15) is 11.6 Å². The maximum Gasteiger partial charge on any atom is 0.256 e. The Kier molecular flexibility index (Phi) is 5.92. The zero-order valence-corrected chi connectivity index (χ0v) is 13.9. The van der Waals surface area contributed by atoms with E-state index in [-0.39, 0.29) is 11.5 Å². The minimum absolute atomic E-state index is 0.259. The van der Waals surface area contributed by atoms with Gasteiger partial charge in [0.2, 0.25) is 0 Å². The van der Waals surface area contributed by atoms with E-state index in [1.165, 1.54) is 18.2 Å². The largest absolute Gasteiger partial charge is 0.383 e. The highest BCUT2D eigenvalue weighted by molar-refractivity contribution is 6.03. The minimum atomic E-state index is -0.444. The van der Waals surface area contributed by atoms with Crippen LogP contribution in [0.2, 0.25) is 0 Å². The first-order chi connectivity index (χ1) is 12.2. The summed E-state index contributed by atoms with van der Waals surface area (Å²) in [6.07, 6.45) is 1.67. The molecule has 3 rings (SSSR count). The number of anilines is 2. The smallest absolute Gasteiger partial charge is 0.256 e. The Morgan fingerprint density at radius 3 is 2.80 bits per heavy atom. The average Bonchev–Trinajstić information content (AvgIpc) is 2.64. The monoisotopic (exact) mass is 344 g/mol. The van der Waals surface area contributed by atoms with Gasteiger partial charge in [-0.25, -0.2) is 9.37 Å². The van der Waals surface area contributed by atoms with Crippen LogP contribution >= 0.6 is 0 Å². The molecular weight excluding hydrogens is 323 g/mol. The van der Waals surface area contributed by atoms with Crippen LogP contribution < -0.4 is 10.6 Å². The first-order valence-corrected chi connectivity index (χ1v) is 8.28. The van der Waals surface area contributed by atoms with Crippen molar-refractivity contribution >= 4 is 17.4 Å². The second kappa shape index (κ2) is 8.55. The molecule has 6 nitrogen and oxygen atoms in total. The molecule has 1 aliphatic rings. The standard InChI is InChI=1S/C18H21FN4O2/c19-15-3-1-2-14(12-15)18(24)22-17-5-4-16(13-21-17)20-6-7-23-8-10-25-11-9-23/h1-5,12-13,20H,6-11H2,(H,21,22,24). The molecule has 25 heavy (non-hydrogen) atoms. The Bertz CT molecular complexity index is 702. The van der Waals surface area contributed by atoms with Gasteiger partial charge in [-0.2, -0.15) is 0 Å². The lowest BCUT2D eigenvalue weighted by atomic mass is 10.2. The summed E-state index contributed by atoms with van der Waals surface area (Å²) < 4.78 is 18.5. The number of nitrogens with zero attached hydrogens (tertiary/aromatic N) is 2. The summed E-state index contributed by atoms with van der Waals surface area (Å²) >= 11 is 0. The van der Waals surface area contributed by atoms with Crippen LogP contribution in [0.4, 0.5) is 15.9 Å². The van der Waals surface area contributed by atoms with Gasteiger partial charge in [0.25, 0.3) is 5.91 Å². The van der Waals surface area contributed by atoms with Crippen molar-refractivity contribution in [3.05, 3.63) is 54.0 Å². The molecule has 2 heterocycles. The second-order valence-electron chi connectivity index (χ2n) is 5.78. The molecule has 0 unspecified atom stereocenters. The van der Waals surface area contributed by atoms with Crippen LogP contribution in [0.1, 0.15) is 10.4 Å². The predicted molar refractivity (Wildman–Crippen MR) is 94.3 cm³/mol. The Hall–Kier alpha value is -2.51. The van der Waals surface area contributed by atoms with Crippen LogP contribution in [0.5, 0.6) is 0 Å². The molecule has 0 atom stereocenters. The number of pyridine rings is 1. The molecule has 1 aliphatic heterocycles. The molecule has 0 aliphatic carbocycles. The lowest BCUT2D eigenvalue weighted by Crippen LogP contribution is -2.39. The van der Waals surface area contributed by atoms with Gasteiger partial charge >= 0.3 is 0 Å². The van der Waals surface area contributed by atoms with E-state index < -0.39 is 5.82 Å². The van der Waals surface area contributed by atoms with Crippen LogP contribution in [0.15, 0.2) is 42.6 Å². The van der Waals surface area contributed by atoms with Crippen molar-refractivity contribution in [1.82, 2.24) is 9.88 Å². The van der Waals surface area contributed by atoms with Gasteiger partial charge in [-0.15, -0.1) is 0 Å². The Morgan fingerprint density at radius 2 is 2.08 bits per heavy atom. The molecule has 2 N–H and O–H groups in total. The van der Waals surface area contributed by atoms with Gasteiger partial charge in [-0.3, -0.25) is 9.69 Å². The van der Waals surface area contributed by atoms with Crippen LogP contribution in [-0.4, -0.2) is 55.2 Å². The molecule has 1 fully saturated rings. The molecular formula is C18H21FN4O2. The summed E-state index contributed by atoms with van der Waals surface area (Å²) in [6, 6.07) is 9.12. The van der Waals surface area contributed by atoms with E-state index in [4.69, 9.17) is 4.74 Å². The Balaban J connectivity index is 1.47. The molecule has 0 saturated carbocycles. The SMILES string of the molecule is O=C(Nc1ccc(NCCN2CCOCC2)cn1)c1cccc(F)c1. The third kappa shape index (κ3) is 5.23. The van der Waals surface area contributed by atoms with Crippen LogP contribution in [0, 0.1) is 5.82 Å². The number of hydrogen-bond acceptors (Lipinski definition) is 5. The highest BCUT2D eigenvalue weighted by atomic mass is 19.1. The molecule has 1 saturated heterocycles. The highest BCUT2D eigenvalue weighted by Crippen LogP contribution is 2.12. The highest BCUT2D eigenvalue weighted by Gasteiger charge is 2.10. The number of benzene rings is 1. The zero-order valence-electron chi connectivity index (χ0n) is 13.9. The Morgan fingerprint density at radius 1 is 1.24 bits per heavy atom. The van der Waals surface area contributed by atoms with Gasteiger partial charge in [0.05, 0.1) is 25.1 Å². The van der Waals surface area contributed by atoms with E-state index in [0.29, 0.717) is 5.82 Å². The number of morpholine rings is 1. The van der Waals surface area contributed by atoms with E-state index in [2.05, 4.69) is 20.5 Å². The maximum absolute atomic E-state index is 13.2. The topological polar surface area (TPSA) is 66.5 Å². The van der Waals surface area contributed by atoms with Gasteiger partial charge in [-0.05, 0) is 30.3 Å². The van der Waals surface area contributed by atoms with Crippen molar-refractivity contribution in [1.29, 1.82) is 0 Å². The van der Waals surface area contributed by atoms with Crippen LogP contribution in [0.3, 0.4) is 0 Å². The number of aromatic nitrogens is 1. The normalized spacial score (nSPS) is 14.9. The number of halogens is 1. The molecule has 0 bridgehead atoms. The molecule has 1 aromatic carbocycles. The van der Waals surface area contributed by atoms with Crippen molar-refractivity contribution < 1.29 is 13.9 Å². The number of nitrogens with one attached hydrogen (secondary N) is 2. The number of amides is 1. The lowest BCUT2D eigenvalue weighted by molar-refractivity contribution is 0.0398. The second-order valence-corrected chi connectivity index (χ2v) is 5.78. The van der Waals surface area contributed by atoms with Crippen molar-refractivity contribution in [2.75, 3.05) is 50.0 Å². The van der Waals surface area contributed by atoms with E-state index in [9.17, 15) is 9.18 Å². The van der Waals surface area contributed by atoms with Crippen LogP contribution in [0.25, 0.3) is 0 Å². The number of rotatable bonds is 6. The number of carbonyl (C=O) groups is 1. The molecule has 1 aromatic heterocycles. The molecule has 0 spiro atoms. The van der Waals surface area contributed by atoms with Crippen molar-refractivity contribution in [2.45, 2.75) is 0 Å². The Labute approximate surface area is 146 Å². The van der Waals surface area contributed by atoms with Crippen LogP contribution in [-0.2, 0) is 4.74 Å². The van der Waals surface area contributed by atoms with E-state index in [1.807, 2.05) is 6.07 Å². The summed E-state index contributed by atoms with van der Waals surface area (Å²) in [7, 11) is 0. The van der Waals surface area contributed by atoms with E-state index >= 15 is 0 Å². The third-order valence-corrected chi connectivity index (χ3v) is 3.95. The fraction of sp³-hybridized carbons (Fsp3) is 0.333. The molecule has 1 amide bonds. The van der Waals surface area contributed by atoms with Gasteiger partial charge < -0.3 is 15.4 Å². The van der Waals surface area contributed by atoms with Gasteiger partial charge in [-0.1, -0.05) is 6.07 Å². The molecule has 7 heteroatoms. The molecule has 0 radical (unpaired) electrons. The fourth-order valence-corrected chi connectivity index (χ4v) is 2.57. The zero-order chi connectivity index (χ0) is 17.5. The van der Waals surface area contributed by atoms with E-state index in [1.54, 1.807) is 18.3 Å². The molecule has 2 aromatic rings. The summed E-state index contributed by atoms with van der Waals surface area (Å²) in [4.78, 5) is 18.6. The number of hydrogen-bond donors (Lipinski definition) is 2. The van der Waals surface area contributed by atoms with Crippen molar-refractivity contribution in [3.63, 3.8) is 0 Å². The van der Waals surface area contributed by atoms with Crippen molar-refractivity contribution in [3.8, 4) is 0 Å². The summed E-state index contributed by atoms with van der Waals surface area (Å²) in [5.74, 6) is -0.409. The van der Waals surface area contributed by atoms with E-state index in [0.717, 1.165) is 45.1 Å². The fourth-order valence-electron chi connectivity index (χ4n) is 2.57. The predicted octanol–water partition coefficient (Wildman–Crippen LogP) is 2.22. The maximum atomic E-state index is 13.2. The first-order valence-electron chi connectivity index (χ1n) is 8.28. The summed E-state index contributed by atoms with van der Waals surface area (Å²) in [5, 5.41) is 5.96. The van der Waals surface area contributed by atoms with Crippen molar-refractivity contribution in [2.24, 2.45) is 0 Å². The number of ether oxygens (including phenoxy) is 1. The average molecular weight is 344 g/mol. The minimum Gasteiger partial charge on any atom is -0.383 e. The lowest BCUT2D eigenvalue weighted by Gasteiger charge is -2.26. The third-order valence-electron chi connectivity index (χ3n) is 3.95. The molecule has 132 valence electrons. The quantitative estimate of drug-likeness (QED) is 0.841. The summed E-state index contributed by atoms with van der Waals surface area (Å²) in [5.41, 5.74) is 1.14. The van der Waals surface area contributed by atoms with Gasteiger partial charge in [0, 0.05) is 31.7 Å². The number of carbonyl (C=O) groups excluding carboxylic acids is 1.